The molecule has 1 atom stereocenters. The molecule has 0 radical (unpaired) electrons. The van der Waals surface area contributed by atoms with Gasteiger partial charge in [0.05, 0.1) is 11.3 Å². The third-order valence-corrected chi connectivity index (χ3v) is 4.87. The summed E-state index contributed by atoms with van der Waals surface area (Å²) in [5.41, 5.74) is 3.22. The summed E-state index contributed by atoms with van der Waals surface area (Å²) in [6, 6.07) is 15.2. The van der Waals surface area contributed by atoms with Crippen LogP contribution >= 0.6 is 23.2 Å². The number of nitrogens with one attached hydrogen (secondary N) is 1. The predicted molar refractivity (Wildman–Crippen MR) is 104 cm³/mol. The Morgan fingerprint density at radius 2 is 1.73 bits per heavy atom. The summed E-state index contributed by atoms with van der Waals surface area (Å²) in [6.07, 6.45) is 2.79. The third kappa shape index (κ3) is 3.57. The first-order valence-corrected chi connectivity index (χ1v) is 9.01. The minimum absolute atomic E-state index is 0.0810. The molecule has 0 saturated carbocycles. The Hall–Kier alpha value is -2.43. The number of hydrogen-bond acceptors (Lipinski definition) is 4. The van der Waals surface area contributed by atoms with Crippen LogP contribution in [0.15, 0.2) is 54.7 Å². The average Bonchev–Trinajstić information content (AvgIpc) is 2.61. The Morgan fingerprint density at radius 1 is 1.00 bits per heavy atom. The van der Waals surface area contributed by atoms with Gasteiger partial charge in [-0.15, -0.1) is 0 Å². The molecule has 0 saturated heterocycles. The van der Waals surface area contributed by atoms with Crippen molar-refractivity contribution in [2.24, 2.45) is 0 Å². The second-order valence-corrected chi connectivity index (χ2v) is 7.15. The van der Waals surface area contributed by atoms with Crippen LogP contribution in [0.1, 0.15) is 34.0 Å². The van der Waals surface area contributed by atoms with Crippen LogP contribution in [0.5, 0.6) is 0 Å². The first kappa shape index (κ1) is 17.0. The number of fused-ring (bicyclic) bond motifs is 1. The molecule has 1 N–H and O–H groups in total. The van der Waals surface area contributed by atoms with E-state index in [1.54, 1.807) is 24.4 Å². The molecule has 0 amide bonds. The quantitative estimate of drug-likeness (QED) is 0.653. The number of anilines is 2. The van der Waals surface area contributed by atoms with Crippen molar-refractivity contribution in [1.29, 1.82) is 0 Å². The number of carbonyl (C=O) groups excluding carboxylic acids is 1. The number of rotatable bonds is 3. The molecule has 6 heteroatoms. The maximum Gasteiger partial charge on any atom is 0.227 e. The van der Waals surface area contributed by atoms with E-state index in [-0.39, 0.29) is 11.7 Å². The fourth-order valence-corrected chi connectivity index (χ4v) is 3.75. The minimum atomic E-state index is 0.0810. The molecule has 0 bridgehead atoms. The number of carbonyl (C=O) groups is 1. The van der Waals surface area contributed by atoms with Crippen LogP contribution in [0.25, 0.3) is 0 Å². The molecule has 4 nitrogen and oxygen atoms in total. The molecular formula is C20H15Cl2N3O. The summed E-state index contributed by atoms with van der Waals surface area (Å²) in [6.45, 7) is 0. The number of benzene rings is 2. The Labute approximate surface area is 161 Å². The predicted octanol–water partition coefficient (Wildman–Crippen LogP) is 5.44. The summed E-state index contributed by atoms with van der Waals surface area (Å²) in [5, 5.41) is 4.15. The van der Waals surface area contributed by atoms with Gasteiger partial charge in [-0.2, -0.15) is 0 Å². The zero-order valence-electron chi connectivity index (χ0n) is 13.7. The molecule has 1 aliphatic carbocycles. The van der Waals surface area contributed by atoms with Gasteiger partial charge < -0.3 is 5.32 Å². The van der Waals surface area contributed by atoms with Crippen molar-refractivity contribution in [3.05, 3.63) is 81.6 Å². The van der Waals surface area contributed by atoms with Crippen LogP contribution in [0.3, 0.4) is 0 Å². The van der Waals surface area contributed by atoms with Gasteiger partial charge in [0.25, 0.3) is 0 Å². The zero-order chi connectivity index (χ0) is 18.1. The van der Waals surface area contributed by atoms with Gasteiger partial charge in [0.15, 0.2) is 5.78 Å². The fourth-order valence-electron chi connectivity index (χ4n) is 3.22. The monoisotopic (exact) mass is 383 g/mol. The van der Waals surface area contributed by atoms with E-state index in [0.29, 0.717) is 40.1 Å². The van der Waals surface area contributed by atoms with E-state index in [1.807, 2.05) is 18.2 Å². The van der Waals surface area contributed by atoms with Gasteiger partial charge in [0.1, 0.15) is 0 Å². The van der Waals surface area contributed by atoms with Crippen LogP contribution in [-0.4, -0.2) is 15.8 Å². The second kappa shape index (κ2) is 7.06. The molecule has 3 aromatic rings. The number of nitrogens with zero attached hydrogens (tertiary/aromatic N) is 2. The topological polar surface area (TPSA) is 54.9 Å². The van der Waals surface area contributed by atoms with Crippen LogP contribution < -0.4 is 5.32 Å². The summed E-state index contributed by atoms with van der Waals surface area (Å²) in [7, 11) is 0. The molecule has 2 aromatic carbocycles. The lowest BCUT2D eigenvalue weighted by atomic mass is 9.82. The van der Waals surface area contributed by atoms with Gasteiger partial charge in [-0.1, -0.05) is 53.5 Å². The normalized spacial score (nSPS) is 16.2. The summed E-state index contributed by atoms with van der Waals surface area (Å²) in [5.74, 6) is 0.639. The third-order valence-electron chi connectivity index (χ3n) is 4.43. The number of ketones is 1. The molecule has 1 heterocycles. The number of Topliss-reactive ketones (excluding diaryl/α,β-unsaturated/α-hetero) is 1. The average molecular weight is 384 g/mol. The van der Waals surface area contributed by atoms with Crippen molar-refractivity contribution in [1.82, 2.24) is 9.97 Å². The lowest BCUT2D eigenvalue weighted by Gasteiger charge is -2.23. The molecule has 0 fully saturated rings. The fraction of sp³-hybridized carbons (Fsp3) is 0.150. The Kier molecular flexibility index (Phi) is 4.62. The molecule has 1 aromatic heterocycles. The minimum Gasteiger partial charge on any atom is -0.324 e. The molecule has 0 unspecified atom stereocenters. The van der Waals surface area contributed by atoms with Crippen molar-refractivity contribution >= 4 is 40.6 Å². The second-order valence-electron chi connectivity index (χ2n) is 6.28. The summed E-state index contributed by atoms with van der Waals surface area (Å²) < 4.78 is 0. The van der Waals surface area contributed by atoms with E-state index < -0.39 is 0 Å². The highest BCUT2D eigenvalue weighted by Gasteiger charge is 2.28. The van der Waals surface area contributed by atoms with Crippen LogP contribution in [0, 0.1) is 0 Å². The Balaban J connectivity index is 1.62. The smallest absolute Gasteiger partial charge is 0.227 e. The summed E-state index contributed by atoms with van der Waals surface area (Å²) >= 11 is 12.1. The molecule has 0 spiro atoms. The first-order chi connectivity index (χ1) is 12.6. The van der Waals surface area contributed by atoms with Crippen molar-refractivity contribution < 1.29 is 4.79 Å². The number of halogens is 2. The largest absolute Gasteiger partial charge is 0.324 e. The number of hydrogen-bond donors (Lipinski definition) is 1. The molecular weight excluding hydrogens is 369 g/mol. The van der Waals surface area contributed by atoms with Gasteiger partial charge in [0, 0.05) is 28.4 Å². The molecule has 1 aliphatic rings. The molecule has 4 rings (SSSR count). The van der Waals surface area contributed by atoms with Gasteiger partial charge in [-0.25, -0.2) is 9.97 Å². The lowest BCUT2D eigenvalue weighted by molar-refractivity contribution is 0.0962. The standard InChI is InChI=1S/C20H15Cl2N3O/c21-14-8-15(22)10-16(9-14)24-20-23-11-17-18(25-20)6-13(7-19(17)26)12-4-2-1-3-5-12/h1-5,8-11,13H,6-7H2,(H,23,24,25)/t13-/m0/s1. The Morgan fingerprint density at radius 3 is 2.46 bits per heavy atom. The van der Waals surface area contributed by atoms with E-state index in [9.17, 15) is 4.79 Å². The van der Waals surface area contributed by atoms with Crippen LogP contribution in [-0.2, 0) is 6.42 Å². The first-order valence-electron chi connectivity index (χ1n) is 8.25. The van der Waals surface area contributed by atoms with Crippen molar-refractivity contribution in [2.75, 3.05) is 5.32 Å². The summed E-state index contributed by atoms with van der Waals surface area (Å²) in [4.78, 5) is 21.3. The zero-order valence-corrected chi connectivity index (χ0v) is 15.3. The van der Waals surface area contributed by atoms with E-state index in [4.69, 9.17) is 23.2 Å². The SMILES string of the molecule is O=C1C[C@@H](c2ccccc2)Cc2nc(Nc3cc(Cl)cc(Cl)c3)ncc21. The van der Waals surface area contributed by atoms with Crippen molar-refractivity contribution in [3.63, 3.8) is 0 Å². The molecule has 26 heavy (non-hydrogen) atoms. The highest BCUT2D eigenvalue weighted by molar-refractivity contribution is 6.35. The maximum atomic E-state index is 12.5. The van der Waals surface area contributed by atoms with E-state index in [1.165, 1.54) is 0 Å². The molecule has 0 aliphatic heterocycles. The van der Waals surface area contributed by atoms with Crippen molar-refractivity contribution in [3.8, 4) is 0 Å². The Bertz CT molecular complexity index is 956. The maximum absolute atomic E-state index is 12.5. The van der Waals surface area contributed by atoms with Gasteiger partial charge in [0.2, 0.25) is 5.95 Å². The van der Waals surface area contributed by atoms with E-state index in [0.717, 1.165) is 11.3 Å². The highest BCUT2D eigenvalue weighted by atomic mass is 35.5. The van der Waals surface area contributed by atoms with Crippen molar-refractivity contribution in [2.45, 2.75) is 18.8 Å². The highest BCUT2D eigenvalue weighted by Crippen LogP contribution is 2.32. The van der Waals surface area contributed by atoms with Crippen LogP contribution in [0.2, 0.25) is 10.0 Å². The van der Waals surface area contributed by atoms with Crippen LogP contribution in [0.4, 0.5) is 11.6 Å². The van der Waals surface area contributed by atoms with E-state index in [2.05, 4.69) is 27.4 Å². The lowest BCUT2D eigenvalue weighted by Crippen LogP contribution is -2.21. The van der Waals surface area contributed by atoms with E-state index >= 15 is 0 Å². The van der Waals surface area contributed by atoms with Gasteiger partial charge >= 0.3 is 0 Å². The number of aromatic nitrogens is 2. The molecule has 130 valence electrons. The van der Waals surface area contributed by atoms with Gasteiger partial charge in [-0.05, 0) is 36.1 Å². The van der Waals surface area contributed by atoms with Gasteiger partial charge in [-0.3, -0.25) is 4.79 Å².